The minimum Gasteiger partial charge on any atom is -0.397 e. The molecule has 0 aliphatic carbocycles. The molecule has 6 heteroatoms. The number of carbonyl (C=O) groups excluding carboxylic acids is 1. The molecular formula is C12H17N5O. The van der Waals surface area contributed by atoms with E-state index in [-0.39, 0.29) is 5.91 Å². The van der Waals surface area contributed by atoms with E-state index in [0.717, 1.165) is 19.4 Å². The van der Waals surface area contributed by atoms with Crippen molar-refractivity contribution >= 4 is 11.6 Å². The molecule has 0 bridgehead atoms. The zero-order chi connectivity index (χ0) is 12.8. The van der Waals surface area contributed by atoms with Gasteiger partial charge in [0.05, 0.1) is 6.33 Å². The molecule has 2 heterocycles. The number of amides is 1. The fourth-order valence-corrected chi connectivity index (χ4v) is 1.68. The molecule has 1 amide bonds. The number of imidazole rings is 1. The summed E-state index contributed by atoms with van der Waals surface area (Å²) >= 11 is 0. The summed E-state index contributed by atoms with van der Waals surface area (Å²) in [6, 6.07) is 1.63. The van der Waals surface area contributed by atoms with Gasteiger partial charge in [-0.25, -0.2) is 4.98 Å². The lowest BCUT2D eigenvalue weighted by Crippen LogP contribution is -2.24. The van der Waals surface area contributed by atoms with Gasteiger partial charge in [-0.05, 0) is 18.9 Å². The van der Waals surface area contributed by atoms with Crippen molar-refractivity contribution < 1.29 is 4.79 Å². The molecule has 6 nitrogen and oxygen atoms in total. The maximum atomic E-state index is 11.6. The molecule has 0 unspecified atom stereocenters. The highest BCUT2D eigenvalue weighted by molar-refractivity contribution is 5.93. The molecular weight excluding hydrogens is 230 g/mol. The van der Waals surface area contributed by atoms with Gasteiger partial charge in [-0.3, -0.25) is 4.79 Å². The van der Waals surface area contributed by atoms with Crippen molar-refractivity contribution in [2.24, 2.45) is 0 Å². The fraction of sp³-hybridized carbons (Fsp3) is 0.333. The number of nitrogens with zero attached hydrogens (tertiary/aromatic N) is 2. The lowest BCUT2D eigenvalue weighted by molar-refractivity contribution is 0.0948. The van der Waals surface area contributed by atoms with Crippen LogP contribution in [0.3, 0.4) is 0 Å². The molecule has 2 aromatic rings. The highest BCUT2D eigenvalue weighted by Crippen LogP contribution is 2.04. The Morgan fingerprint density at radius 1 is 1.50 bits per heavy atom. The largest absolute Gasteiger partial charge is 0.397 e. The SMILES string of the molecule is Nc1c[nH]c(C(=O)NCCCCn2ccnc2)c1. The number of aromatic amines is 1. The third-order valence-corrected chi connectivity index (χ3v) is 2.64. The van der Waals surface area contributed by atoms with E-state index < -0.39 is 0 Å². The van der Waals surface area contributed by atoms with Crippen molar-refractivity contribution in [3.8, 4) is 0 Å². The number of aromatic nitrogens is 3. The standard InChI is InChI=1S/C12H17N5O/c13-10-7-11(16-8-10)12(18)15-3-1-2-5-17-6-4-14-9-17/h4,6-9,16H,1-3,5,13H2,(H,15,18). The average molecular weight is 247 g/mol. The second kappa shape index (κ2) is 5.90. The van der Waals surface area contributed by atoms with Crippen molar-refractivity contribution in [2.75, 3.05) is 12.3 Å². The third kappa shape index (κ3) is 3.38. The van der Waals surface area contributed by atoms with Gasteiger partial charge >= 0.3 is 0 Å². The van der Waals surface area contributed by atoms with Crippen LogP contribution in [0.15, 0.2) is 31.0 Å². The smallest absolute Gasteiger partial charge is 0.267 e. The highest BCUT2D eigenvalue weighted by atomic mass is 16.1. The zero-order valence-electron chi connectivity index (χ0n) is 10.1. The minimum absolute atomic E-state index is 0.116. The maximum absolute atomic E-state index is 11.6. The molecule has 2 rings (SSSR count). The topological polar surface area (TPSA) is 88.7 Å². The normalized spacial score (nSPS) is 10.4. The van der Waals surface area contributed by atoms with E-state index in [9.17, 15) is 4.79 Å². The van der Waals surface area contributed by atoms with E-state index in [0.29, 0.717) is 17.9 Å². The van der Waals surface area contributed by atoms with Crippen molar-refractivity contribution in [1.82, 2.24) is 19.9 Å². The van der Waals surface area contributed by atoms with E-state index in [2.05, 4.69) is 15.3 Å². The van der Waals surface area contributed by atoms with Gasteiger partial charge in [0, 0.05) is 37.4 Å². The summed E-state index contributed by atoms with van der Waals surface area (Å²) in [7, 11) is 0. The summed E-state index contributed by atoms with van der Waals surface area (Å²) in [6.45, 7) is 1.58. The highest BCUT2D eigenvalue weighted by Gasteiger charge is 2.05. The van der Waals surface area contributed by atoms with E-state index in [1.165, 1.54) is 0 Å². The molecule has 2 aromatic heterocycles. The van der Waals surface area contributed by atoms with Crippen LogP contribution in [-0.2, 0) is 6.54 Å². The number of unbranched alkanes of at least 4 members (excludes halogenated alkanes) is 1. The summed E-state index contributed by atoms with van der Waals surface area (Å²) in [5, 5.41) is 2.84. The molecule has 0 saturated heterocycles. The first-order valence-corrected chi connectivity index (χ1v) is 5.93. The van der Waals surface area contributed by atoms with Crippen molar-refractivity contribution in [1.29, 1.82) is 0 Å². The van der Waals surface area contributed by atoms with Crippen LogP contribution >= 0.6 is 0 Å². The summed E-state index contributed by atoms with van der Waals surface area (Å²) in [4.78, 5) is 18.4. The molecule has 0 fully saturated rings. The van der Waals surface area contributed by atoms with Crippen LogP contribution in [0, 0.1) is 0 Å². The van der Waals surface area contributed by atoms with Gasteiger partial charge in [0.2, 0.25) is 0 Å². The van der Waals surface area contributed by atoms with Gasteiger partial charge in [-0.1, -0.05) is 0 Å². The number of nitrogen functional groups attached to an aromatic ring is 1. The van der Waals surface area contributed by atoms with Crippen LogP contribution in [0.4, 0.5) is 5.69 Å². The molecule has 4 N–H and O–H groups in total. The summed E-state index contributed by atoms with van der Waals surface area (Å²) in [5.74, 6) is -0.116. The number of nitrogens with two attached hydrogens (primary N) is 1. The summed E-state index contributed by atoms with van der Waals surface area (Å²) in [5.41, 5.74) is 6.60. The summed E-state index contributed by atoms with van der Waals surface area (Å²) < 4.78 is 2.02. The first-order valence-electron chi connectivity index (χ1n) is 5.93. The van der Waals surface area contributed by atoms with Crippen molar-refractivity contribution in [3.63, 3.8) is 0 Å². The van der Waals surface area contributed by atoms with E-state index in [4.69, 9.17) is 5.73 Å². The van der Waals surface area contributed by atoms with Crippen LogP contribution < -0.4 is 11.1 Å². The Bertz CT molecular complexity index is 488. The van der Waals surface area contributed by atoms with Crippen LogP contribution in [0.1, 0.15) is 23.3 Å². The van der Waals surface area contributed by atoms with Gasteiger partial charge in [0.25, 0.3) is 5.91 Å². The first-order chi connectivity index (χ1) is 8.75. The molecule has 96 valence electrons. The van der Waals surface area contributed by atoms with Gasteiger partial charge in [-0.2, -0.15) is 0 Å². The second-order valence-electron chi connectivity index (χ2n) is 4.11. The Labute approximate surface area is 105 Å². The number of anilines is 1. The summed E-state index contributed by atoms with van der Waals surface area (Å²) in [6.07, 6.45) is 9.02. The molecule has 0 radical (unpaired) electrons. The van der Waals surface area contributed by atoms with Crippen LogP contribution in [-0.4, -0.2) is 27.0 Å². The molecule has 0 saturated carbocycles. The van der Waals surface area contributed by atoms with E-state index >= 15 is 0 Å². The van der Waals surface area contributed by atoms with E-state index in [1.54, 1.807) is 24.8 Å². The molecule has 0 atom stereocenters. The molecule has 0 aromatic carbocycles. The maximum Gasteiger partial charge on any atom is 0.267 e. The lowest BCUT2D eigenvalue weighted by Gasteiger charge is -2.04. The number of hydrogen-bond acceptors (Lipinski definition) is 3. The van der Waals surface area contributed by atoms with Crippen LogP contribution in [0.5, 0.6) is 0 Å². The Morgan fingerprint density at radius 3 is 3.06 bits per heavy atom. The average Bonchev–Trinajstić information content (AvgIpc) is 2.99. The fourth-order valence-electron chi connectivity index (χ4n) is 1.68. The number of rotatable bonds is 6. The monoisotopic (exact) mass is 247 g/mol. The van der Waals surface area contributed by atoms with Crippen molar-refractivity contribution in [2.45, 2.75) is 19.4 Å². The first kappa shape index (κ1) is 12.2. The minimum atomic E-state index is -0.116. The Balaban J connectivity index is 1.62. The number of H-pyrrole nitrogens is 1. The van der Waals surface area contributed by atoms with Gasteiger partial charge in [0.1, 0.15) is 5.69 Å². The van der Waals surface area contributed by atoms with Crippen LogP contribution in [0.2, 0.25) is 0 Å². The zero-order valence-corrected chi connectivity index (χ0v) is 10.1. The van der Waals surface area contributed by atoms with Crippen LogP contribution in [0.25, 0.3) is 0 Å². The van der Waals surface area contributed by atoms with Gasteiger partial charge < -0.3 is 20.6 Å². The van der Waals surface area contributed by atoms with Gasteiger partial charge in [-0.15, -0.1) is 0 Å². The van der Waals surface area contributed by atoms with E-state index in [1.807, 2.05) is 10.8 Å². The lowest BCUT2D eigenvalue weighted by atomic mass is 10.3. The quantitative estimate of drug-likeness (QED) is 0.665. The Morgan fingerprint density at radius 2 is 2.39 bits per heavy atom. The number of carbonyl (C=O) groups is 1. The van der Waals surface area contributed by atoms with Gasteiger partial charge in [0.15, 0.2) is 0 Å². The predicted molar refractivity (Wildman–Crippen MR) is 69.0 cm³/mol. The molecule has 0 aliphatic rings. The molecule has 0 aliphatic heterocycles. The number of nitrogens with one attached hydrogen (secondary N) is 2. The molecule has 0 spiro atoms. The number of hydrogen-bond donors (Lipinski definition) is 3. The molecule has 18 heavy (non-hydrogen) atoms. The second-order valence-corrected chi connectivity index (χ2v) is 4.11. The third-order valence-electron chi connectivity index (χ3n) is 2.64. The predicted octanol–water partition coefficient (Wildman–Crippen LogP) is 1.00. The number of aryl methyl sites for hydroxylation is 1. The Kier molecular flexibility index (Phi) is 4.01. The van der Waals surface area contributed by atoms with Crippen molar-refractivity contribution in [3.05, 3.63) is 36.7 Å². The Hall–Kier alpha value is -2.24.